The van der Waals surface area contributed by atoms with Gasteiger partial charge in [-0.25, -0.2) is 0 Å². The molecule has 2 aliphatic rings. The maximum Gasteiger partial charge on any atom is 0.231 e. The number of rotatable bonds is 3. The van der Waals surface area contributed by atoms with Crippen molar-refractivity contribution < 1.29 is 14.2 Å². The van der Waals surface area contributed by atoms with E-state index in [1.807, 2.05) is 18.2 Å². The Morgan fingerprint density at radius 1 is 1.18 bits per heavy atom. The van der Waals surface area contributed by atoms with E-state index in [9.17, 15) is 0 Å². The topological polar surface area (TPSA) is 39.7 Å². The molecule has 1 unspecified atom stereocenters. The summed E-state index contributed by atoms with van der Waals surface area (Å²) in [7, 11) is 0. The molecule has 1 aromatic carbocycles. The lowest BCUT2D eigenvalue weighted by molar-refractivity contribution is 0.0247. The third-order valence-electron chi connectivity index (χ3n) is 3.18. The standard InChI is InChI=1S/C13H17NO3/c1-2-6-15-11(3-1)8-14-10-4-5-12-13(7-10)17-9-16-12/h4-5,7,11,14H,1-3,6,8-9H2. The first-order valence-corrected chi connectivity index (χ1v) is 6.17. The highest BCUT2D eigenvalue weighted by molar-refractivity contribution is 5.55. The number of nitrogens with one attached hydrogen (secondary N) is 1. The molecule has 0 aromatic heterocycles. The van der Waals surface area contributed by atoms with E-state index in [1.165, 1.54) is 12.8 Å². The van der Waals surface area contributed by atoms with Crippen molar-refractivity contribution in [1.82, 2.24) is 0 Å². The molecule has 1 N–H and O–H groups in total. The predicted octanol–water partition coefficient (Wildman–Crippen LogP) is 2.40. The van der Waals surface area contributed by atoms with Crippen LogP contribution in [0.25, 0.3) is 0 Å². The van der Waals surface area contributed by atoms with Crippen molar-refractivity contribution in [3.8, 4) is 11.5 Å². The van der Waals surface area contributed by atoms with Crippen LogP contribution in [0.4, 0.5) is 5.69 Å². The molecule has 1 atom stereocenters. The van der Waals surface area contributed by atoms with Gasteiger partial charge in [0.1, 0.15) is 0 Å². The lowest BCUT2D eigenvalue weighted by Crippen LogP contribution is -2.26. The zero-order chi connectivity index (χ0) is 11.5. The molecule has 0 bridgehead atoms. The fourth-order valence-corrected chi connectivity index (χ4v) is 2.21. The minimum Gasteiger partial charge on any atom is -0.454 e. The smallest absolute Gasteiger partial charge is 0.231 e. The van der Waals surface area contributed by atoms with Gasteiger partial charge in [-0.2, -0.15) is 0 Å². The minimum absolute atomic E-state index is 0.324. The van der Waals surface area contributed by atoms with Crippen LogP contribution in [-0.2, 0) is 4.74 Å². The van der Waals surface area contributed by atoms with Gasteiger partial charge in [0.25, 0.3) is 0 Å². The molecule has 17 heavy (non-hydrogen) atoms. The molecule has 0 spiro atoms. The van der Waals surface area contributed by atoms with Crippen LogP contribution in [-0.4, -0.2) is 26.0 Å². The highest BCUT2D eigenvalue weighted by atomic mass is 16.7. The van der Waals surface area contributed by atoms with E-state index in [4.69, 9.17) is 14.2 Å². The van der Waals surface area contributed by atoms with E-state index in [0.29, 0.717) is 12.9 Å². The fourth-order valence-electron chi connectivity index (χ4n) is 2.21. The Labute approximate surface area is 101 Å². The first-order chi connectivity index (χ1) is 8.42. The van der Waals surface area contributed by atoms with E-state index in [2.05, 4.69) is 5.32 Å². The van der Waals surface area contributed by atoms with E-state index >= 15 is 0 Å². The molecule has 0 saturated carbocycles. The maximum atomic E-state index is 5.67. The lowest BCUT2D eigenvalue weighted by Gasteiger charge is -2.23. The van der Waals surface area contributed by atoms with Gasteiger partial charge in [0.15, 0.2) is 11.5 Å². The van der Waals surface area contributed by atoms with E-state index in [1.54, 1.807) is 0 Å². The first kappa shape index (κ1) is 10.7. The molecule has 92 valence electrons. The zero-order valence-electron chi connectivity index (χ0n) is 9.78. The van der Waals surface area contributed by atoms with Crippen molar-refractivity contribution in [2.24, 2.45) is 0 Å². The summed E-state index contributed by atoms with van der Waals surface area (Å²) in [6, 6.07) is 5.92. The molecule has 2 aliphatic heterocycles. The van der Waals surface area contributed by atoms with Crippen LogP contribution in [0.1, 0.15) is 19.3 Å². The van der Waals surface area contributed by atoms with E-state index < -0.39 is 0 Å². The third-order valence-corrected chi connectivity index (χ3v) is 3.18. The monoisotopic (exact) mass is 235 g/mol. The highest BCUT2D eigenvalue weighted by Crippen LogP contribution is 2.34. The molecular weight excluding hydrogens is 218 g/mol. The Morgan fingerprint density at radius 2 is 2.12 bits per heavy atom. The number of benzene rings is 1. The number of hydrogen-bond donors (Lipinski definition) is 1. The summed E-state index contributed by atoms with van der Waals surface area (Å²) in [5, 5.41) is 3.38. The van der Waals surface area contributed by atoms with Crippen LogP contribution in [0.3, 0.4) is 0 Å². The molecule has 3 rings (SSSR count). The van der Waals surface area contributed by atoms with Crippen LogP contribution in [0.15, 0.2) is 18.2 Å². The molecule has 0 radical (unpaired) electrons. The Bertz CT molecular complexity index is 388. The Balaban J connectivity index is 1.57. The van der Waals surface area contributed by atoms with Gasteiger partial charge < -0.3 is 19.5 Å². The van der Waals surface area contributed by atoms with Crippen LogP contribution in [0.5, 0.6) is 11.5 Å². The zero-order valence-corrected chi connectivity index (χ0v) is 9.78. The predicted molar refractivity (Wildman–Crippen MR) is 64.6 cm³/mol. The lowest BCUT2D eigenvalue weighted by atomic mass is 10.1. The summed E-state index contributed by atoms with van der Waals surface area (Å²) in [4.78, 5) is 0. The van der Waals surface area contributed by atoms with Gasteiger partial charge in [-0.1, -0.05) is 0 Å². The number of fused-ring (bicyclic) bond motifs is 1. The van der Waals surface area contributed by atoms with Gasteiger partial charge in [0, 0.05) is 24.9 Å². The maximum absolute atomic E-state index is 5.67. The van der Waals surface area contributed by atoms with Gasteiger partial charge in [0.2, 0.25) is 6.79 Å². The van der Waals surface area contributed by atoms with Gasteiger partial charge >= 0.3 is 0 Å². The van der Waals surface area contributed by atoms with Gasteiger partial charge in [-0.15, -0.1) is 0 Å². The molecule has 1 aromatic rings. The van der Waals surface area contributed by atoms with Crippen molar-refractivity contribution in [3.05, 3.63) is 18.2 Å². The average Bonchev–Trinajstić information content (AvgIpc) is 2.85. The van der Waals surface area contributed by atoms with Crippen LogP contribution in [0.2, 0.25) is 0 Å². The first-order valence-electron chi connectivity index (χ1n) is 6.17. The molecule has 0 aliphatic carbocycles. The number of hydrogen-bond acceptors (Lipinski definition) is 4. The minimum atomic E-state index is 0.324. The second-order valence-corrected chi connectivity index (χ2v) is 4.44. The van der Waals surface area contributed by atoms with Gasteiger partial charge in [-0.05, 0) is 31.4 Å². The summed E-state index contributed by atoms with van der Waals surface area (Å²) < 4.78 is 16.3. The van der Waals surface area contributed by atoms with Crippen molar-refractivity contribution >= 4 is 5.69 Å². The third kappa shape index (κ3) is 2.47. The van der Waals surface area contributed by atoms with Crippen molar-refractivity contribution in [1.29, 1.82) is 0 Å². The summed E-state index contributed by atoms with van der Waals surface area (Å²) in [5.74, 6) is 1.64. The Hall–Kier alpha value is -1.42. The molecular formula is C13H17NO3. The second-order valence-electron chi connectivity index (χ2n) is 4.44. The SMILES string of the molecule is c1cc2c(cc1NCC1CCCCO1)OCO2. The van der Waals surface area contributed by atoms with Crippen molar-refractivity contribution in [2.75, 3.05) is 25.3 Å². The van der Waals surface area contributed by atoms with Gasteiger partial charge in [-0.3, -0.25) is 0 Å². The summed E-state index contributed by atoms with van der Waals surface area (Å²) in [6.45, 7) is 2.08. The van der Waals surface area contributed by atoms with Gasteiger partial charge in [0.05, 0.1) is 6.10 Å². The molecule has 1 fully saturated rings. The Kier molecular flexibility index (Phi) is 3.05. The molecule has 4 nitrogen and oxygen atoms in total. The average molecular weight is 235 g/mol. The molecule has 1 saturated heterocycles. The van der Waals surface area contributed by atoms with Crippen LogP contribution < -0.4 is 14.8 Å². The normalized spacial score (nSPS) is 22.5. The fraction of sp³-hybridized carbons (Fsp3) is 0.538. The quantitative estimate of drug-likeness (QED) is 0.873. The summed E-state index contributed by atoms with van der Waals surface area (Å²) in [6.07, 6.45) is 3.96. The highest BCUT2D eigenvalue weighted by Gasteiger charge is 2.15. The molecule has 0 amide bonds. The van der Waals surface area contributed by atoms with E-state index in [0.717, 1.165) is 36.8 Å². The molecule has 4 heteroatoms. The summed E-state index contributed by atoms with van der Waals surface area (Å²) in [5.41, 5.74) is 1.06. The second kappa shape index (κ2) is 4.84. The molecule has 2 heterocycles. The van der Waals surface area contributed by atoms with Crippen LogP contribution in [0, 0.1) is 0 Å². The van der Waals surface area contributed by atoms with Crippen LogP contribution >= 0.6 is 0 Å². The Morgan fingerprint density at radius 3 is 3.00 bits per heavy atom. The number of anilines is 1. The largest absolute Gasteiger partial charge is 0.454 e. The van der Waals surface area contributed by atoms with Crippen molar-refractivity contribution in [2.45, 2.75) is 25.4 Å². The van der Waals surface area contributed by atoms with Crippen molar-refractivity contribution in [3.63, 3.8) is 0 Å². The summed E-state index contributed by atoms with van der Waals surface area (Å²) >= 11 is 0. The number of ether oxygens (including phenoxy) is 3. The van der Waals surface area contributed by atoms with E-state index in [-0.39, 0.29) is 0 Å².